The molecule has 2 rings (SSSR count). The van der Waals surface area contributed by atoms with E-state index in [1.807, 2.05) is 6.92 Å². The van der Waals surface area contributed by atoms with Gasteiger partial charge in [0.25, 0.3) is 0 Å². The van der Waals surface area contributed by atoms with Crippen LogP contribution in [0.1, 0.15) is 26.2 Å². The molecule has 0 aliphatic carbocycles. The van der Waals surface area contributed by atoms with Crippen molar-refractivity contribution in [3.05, 3.63) is 0 Å². The molecule has 1 amide bonds. The van der Waals surface area contributed by atoms with Gasteiger partial charge in [-0.2, -0.15) is 0 Å². The molecule has 6 nitrogen and oxygen atoms in total. The Morgan fingerprint density at radius 3 is 2.75 bits per heavy atom. The minimum absolute atomic E-state index is 0.0500. The maximum atomic E-state index is 12.8. The van der Waals surface area contributed by atoms with Gasteiger partial charge in [-0.25, -0.2) is 0 Å². The smallest absolute Gasteiger partial charge is 0.311 e. The van der Waals surface area contributed by atoms with Gasteiger partial charge in [-0.3, -0.25) is 9.59 Å². The number of hydrogen-bond donors (Lipinski definition) is 2. The van der Waals surface area contributed by atoms with E-state index in [1.165, 1.54) is 0 Å². The second-order valence-electron chi connectivity index (χ2n) is 5.88. The van der Waals surface area contributed by atoms with Gasteiger partial charge in [-0.15, -0.1) is 0 Å². The van der Waals surface area contributed by atoms with E-state index < -0.39 is 17.3 Å². The molecular formula is C14H24N2O4. The zero-order valence-corrected chi connectivity index (χ0v) is 12.2. The summed E-state index contributed by atoms with van der Waals surface area (Å²) in [6, 6.07) is -0.356. The number of likely N-dealkylation sites (N-methyl/N-ethyl adjacent to an activating group) is 1. The lowest BCUT2D eigenvalue weighted by Crippen LogP contribution is -2.55. The number of hydrogen-bond acceptors (Lipinski definition) is 4. The first-order valence-electron chi connectivity index (χ1n) is 7.30. The number of carbonyl (C=O) groups excluding carboxylic acids is 1. The predicted molar refractivity (Wildman–Crippen MR) is 73.3 cm³/mol. The van der Waals surface area contributed by atoms with Crippen LogP contribution in [0, 0.1) is 11.3 Å². The van der Waals surface area contributed by atoms with Crippen LogP contribution < -0.4 is 5.32 Å². The molecule has 3 unspecified atom stereocenters. The van der Waals surface area contributed by atoms with Gasteiger partial charge >= 0.3 is 5.97 Å². The van der Waals surface area contributed by atoms with Gasteiger partial charge < -0.3 is 20.1 Å². The first kappa shape index (κ1) is 15.3. The Bertz CT molecular complexity index is 379. The van der Waals surface area contributed by atoms with Crippen molar-refractivity contribution in [2.24, 2.45) is 11.3 Å². The van der Waals surface area contributed by atoms with Gasteiger partial charge in [-0.05, 0) is 25.8 Å². The van der Waals surface area contributed by atoms with Gasteiger partial charge in [0.2, 0.25) is 5.91 Å². The summed E-state index contributed by atoms with van der Waals surface area (Å²) in [6.45, 7) is 4.15. The lowest BCUT2D eigenvalue weighted by molar-refractivity contribution is -0.149. The van der Waals surface area contributed by atoms with E-state index in [4.69, 9.17) is 4.74 Å². The molecule has 2 saturated heterocycles. The highest BCUT2D eigenvalue weighted by Crippen LogP contribution is 2.34. The maximum Gasteiger partial charge on any atom is 0.311 e. The quantitative estimate of drug-likeness (QED) is 0.777. The highest BCUT2D eigenvalue weighted by Gasteiger charge is 2.45. The molecule has 2 N–H and O–H groups in total. The van der Waals surface area contributed by atoms with Crippen LogP contribution in [0.4, 0.5) is 0 Å². The van der Waals surface area contributed by atoms with Crippen LogP contribution in [0.2, 0.25) is 0 Å². The van der Waals surface area contributed by atoms with E-state index in [2.05, 4.69) is 5.32 Å². The van der Waals surface area contributed by atoms with Crippen LogP contribution in [0.5, 0.6) is 0 Å². The van der Waals surface area contributed by atoms with Crippen molar-refractivity contribution in [2.75, 3.05) is 33.4 Å². The Labute approximate surface area is 119 Å². The largest absolute Gasteiger partial charge is 0.481 e. The predicted octanol–water partition coefficient (Wildman–Crippen LogP) is 0.324. The van der Waals surface area contributed by atoms with Gasteiger partial charge in [0, 0.05) is 13.6 Å². The molecule has 3 atom stereocenters. The molecule has 2 heterocycles. The monoisotopic (exact) mass is 284 g/mol. The molecule has 0 aromatic rings. The Hall–Kier alpha value is -1.14. The summed E-state index contributed by atoms with van der Waals surface area (Å²) in [4.78, 5) is 25.7. The summed E-state index contributed by atoms with van der Waals surface area (Å²) in [5.41, 5.74) is -0.390. The molecule has 114 valence electrons. The summed E-state index contributed by atoms with van der Waals surface area (Å²) in [5, 5.41) is 12.5. The molecule has 0 bridgehead atoms. The van der Waals surface area contributed by atoms with E-state index in [0.29, 0.717) is 13.2 Å². The maximum absolute atomic E-state index is 12.8. The molecule has 2 aliphatic rings. The van der Waals surface area contributed by atoms with Crippen molar-refractivity contribution in [2.45, 2.75) is 32.2 Å². The summed E-state index contributed by atoms with van der Waals surface area (Å²) in [7, 11) is 1.71. The summed E-state index contributed by atoms with van der Waals surface area (Å²) in [5.74, 6) is -1.46. The fourth-order valence-corrected chi connectivity index (χ4v) is 3.29. The molecule has 6 heteroatoms. The van der Waals surface area contributed by atoms with Crippen LogP contribution in [0.25, 0.3) is 0 Å². The van der Waals surface area contributed by atoms with Crippen molar-refractivity contribution in [1.82, 2.24) is 10.2 Å². The molecule has 0 aromatic carbocycles. The Kier molecular flexibility index (Phi) is 4.65. The van der Waals surface area contributed by atoms with Crippen LogP contribution >= 0.6 is 0 Å². The Morgan fingerprint density at radius 2 is 2.20 bits per heavy atom. The van der Waals surface area contributed by atoms with Crippen molar-refractivity contribution in [3.63, 3.8) is 0 Å². The third kappa shape index (κ3) is 2.67. The van der Waals surface area contributed by atoms with Gasteiger partial charge in [0.05, 0.1) is 24.7 Å². The molecule has 0 radical (unpaired) electrons. The lowest BCUT2D eigenvalue weighted by Gasteiger charge is -2.40. The number of nitrogens with one attached hydrogen (secondary N) is 1. The van der Waals surface area contributed by atoms with E-state index in [-0.39, 0.29) is 18.6 Å². The van der Waals surface area contributed by atoms with Gasteiger partial charge in [0.15, 0.2) is 0 Å². The number of amides is 1. The number of piperidine rings is 1. The second-order valence-corrected chi connectivity index (χ2v) is 5.88. The van der Waals surface area contributed by atoms with E-state index >= 15 is 0 Å². The number of carboxylic acids is 1. The second kappa shape index (κ2) is 6.10. The van der Waals surface area contributed by atoms with Crippen molar-refractivity contribution in [1.29, 1.82) is 0 Å². The molecule has 0 aromatic heterocycles. The third-order valence-corrected chi connectivity index (χ3v) is 4.79. The Morgan fingerprint density at radius 1 is 1.45 bits per heavy atom. The summed E-state index contributed by atoms with van der Waals surface area (Å²) < 4.78 is 5.27. The third-order valence-electron chi connectivity index (χ3n) is 4.79. The minimum atomic E-state index is -0.889. The normalized spacial score (nSPS) is 33.9. The molecule has 20 heavy (non-hydrogen) atoms. The standard InChI is InChI=1S/C14H24N2O4/c1-3-14(5-4-6-15-9-14)13(19)16(2)11-8-20-7-10(11)12(17)18/h10-11,15H,3-9H2,1-2H3,(H,17,18). The number of aliphatic carboxylic acids is 1. The van der Waals surface area contributed by atoms with Gasteiger partial charge in [-0.1, -0.05) is 6.92 Å². The fourth-order valence-electron chi connectivity index (χ4n) is 3.29. The number of rotatable bonds is 4. The van der Waals surface area contributed by atoms with E-state index in [9.17, 15) is 14.7 Å². The molecule has 2 fully saturated rings. The van der Waals surface area contributed by atoms with Crippen molar-refractivity contribution < 1.29 is 19.4 Å². The molecule has 2 aliphatic heterocycles. The first-order valence-corrected chi connectivity index (χ1v) is 7.30. The number of carbonyl (C=O) groups is 2. The zero-order chi connectivity index (χ0) is 14.8. The highest BCUT2D eigenvalue weighted by molar-refractivity contribution is 5.84. The topological polar surface area (TPSA) is 78.9 Å². The number of carboxylic acid groups (broad SMARTS) is 1. The molecule has 0 spiro atoms. The minimum Gasteiger partial charge on any atom is -0.481 e. The SMILES string of the molecule is CCC1(C(=O)N(C)C2COCC2C(=O)O)CCCNC1. The zero-order valence-electron chi connectivity index (χ0n) is 12.2. The highest BCUT2D eigenvalue weighted by atomic mass is 16.5. The number of ether oxygens (including phenoxy) is 1. The lowest BCUT2D eigenvalue weighted by atomic mass is 9.76. The number of nitrogens with zero attached hydrogens (tertiary/aromatic N) is 1. The van der Waals surface area contributed by atoms with Crippen molar-refractivity contribution in [3.8, 4) is 0 Å². The fraction of sp³-hybridized carbons (Fsp3) is 0.857. The first-order chi connectivity index (χ1) is 9.52. The van der Waals surface area contributed by atoms with Crippen LogP contribution in [-0.2, 0) is 14.3 Å². The Balaban J connectivity index is 2.12. The average molecular weight is 284 g/mol. The molecule has 0 saturated carbocycles. The van der Waals surface area contributed by atoms with Gasteiger partial charge in [0.1, 0.15) is 5.92 Å². The van der Waals surface area contributed by atoms with Crippen LogP contribution in [-0.4, -0.2) is 61.3 Å². The van der Waals surface area contributed by atoms with Crippen molar-refractivity contribution >= 4 is 11.9 Å². The summed E-state index contributed by atoms with van der Waals surface area (Å²) >= 11 is 0. The van der Waals surface area contributed by atoms with E-state index in [1.54, 1.807) is 11.9 Å². The van der Waals surface area contributed by atoms with Crippen LogP contribution in [0.15, 0.2) is 0 Å². The summed E-state index contributed by atoms with van der Waals surface area (Å²) in [6.07, 6.45) is 2.62. The molecular weight excluding hydrogens is 260 g/mol. The van der Waals surface area contributed by atoms with Crippen LogP contribution in [0.3, 0.4) is 0 Å². The van der Waals surface area contributed by atoms with E-state index in [0.717, 1.165) is 25.8 Å². The average Bonchev–Trinajstić information content (AvgIpc) is 2.96.